The number of hydrogen-bond acceptors (Lipinski definition) is 4. The fraction of sp³-hybridized carbons (Fsp3) is 0.0714. The highest BCUT2D eigenvalue weighted by Gasteiger charge is 2.09. The number of rotatable bonds is 3. The third-order valence-corrected chi connectivity index (χ3v) is 3.00. The van der Waals surface area contributed by atoms with E-state index in [1.807, 2.05) is 0 Å². The zero-order valence-electron chi connectivity index (χ0n) is 10.2. The molecule has 0 bridgehead atoms. The van der Waals surface area contributed by atoms with E-state index in [2.05, 4.69) is 22.0 Å². The van der Waals surface area contributed by atoms with Crippen LogP contribution in [-0.2, 0) is 0 Å². The van der Waals surface area contributed by atoms with Crippen LogP contribution in [0.5, 0.6) is 17.2 Å². The SMILES string of the molecule is COc1ccc(N)c(Oc2ccc(Br)cc2C#N)c1. The van der Waals surface area contributed by atoms with Crippen LogP contribution in [-0.4, -0.2) is 7.11 Å². The molecule has 2 rings (SSSR count). The van der Waals surface area contributed by atoms with E-state index in [-0.39, 0.29) is 0 Å². The maximum absolute atomic E-state index is 9.08. The first-order valence-electron chi connectivity index (χ1n) is 5.45. The number of benzene rings is 2. The first kappa shape index (κ1) is 13.2. The Labute approximate surface area is 119 Å². The van der Waals surface area contributed by atoms with Crippen molar-refractivity contribution in [2.24, 2.45) is 0 Å². The summed E-state index contributed by atoms with van der Waals surface area (Å²) >= 11 is 3.31. The lowest BCUT2D eigenvalue weighted by molar-refractivity contribution is 0.409. The number of nitriles is 1. The predicted octanol–water partition coefficient (Wildman–Crippen LogP) is 3.70. The Kier molecular flexibility index (Phi) is 3.93. The molecular weight excluding hydrogens is 308 g/mol. The van der Waals surface area contributed by atoms with Crippen molar-refractivity contribution in [2.75, 3.05) is 12.8 Å². The lowest BCUT2D eigenvalue weighted by Crippen LogP contribution is -1.95. The maximum Gasteiger partial charge on any atom is 0.154 e. The molecule has 4 nitrogen and oxygen atoms in total. The lowest BCUT2D eigenvalue weighted by Gasteiger charge is -2.11. The highest BCUT2D eigenvalue weighted by molar-refractivity contribution is 9.10. The van der Waals surface area contributed by atoms with Crippen molar-refractivity contribution in [3.05, 3.63) is 46.4 Å². The maximum atomic E-state index is 9.08. The van der Waals surface area contributed by atoms with E-state index in [0.717, 1.165) is 4.47 Å². The summed E-state index contributed by atoms with van der Waals surface area (Å²) in [6.07, 6.45) is 0. The smallest absolute Gasteiger partial charge is 0.154 e. The van der Waals surface area contributed by atoms with Crippen LogP contribution in [0.3, 0.4) is 0 Å². The molecule has 96 valence electrons. The van der Waals surface area contributed by atoms with Gasteiger partial charge in [0.1, 0.15) is 17.6 Å². The van der Waals surface area contributed by atoms with Gasteiger partial charge in [0.25, 0.3) is 0 Å². The van der Waals surface area contributed by atoms with Gasteiger partial charge in [0.2, 0.25) is 0 Å². The van der Waals surface area contributed by atoms with E-state index in [0.29, 0.717) is 28.5 Å². The summed E-state index contributed by atoms with van der Waals surface area (Å²) in [6.45, 7) is 0. The van der Waals surface area contributed by atoms with Crippen molar-refractivity contribution in [3.8, 4) is 23.3 Å². The van der Waals surface area contributed by atoms with Gasteiger partial charge >= 0.3 is 0 Å². The molecule has 0 amide bonds. The topological polar surface area (TPSA) is 68.3 Å². The van der Waals surface area contributed by atoms with Crippen molar-refractivity contribution in [3.63, 3.8) is 0 Å². The molecular formula is C14H11BrN2O2. The second-order valence-corrected chi connectivity index (χ2v) is 4.67. The van der Waals surface area contributed by atoms with Gasteiger partial charge < -0.3 is 15.2 Å². The number of ether oxygens (including phenoxy) is 2. The van der Waals surface area contributed by atoms with Crippen LogP contribution in [0.15, 0.2) is 40.9 Å². The summed E-state index contributed by atoms with van der Waals surface area (Å²) in [5, 5.41) is 9.08. The quantitative estimate of drug-likeness (QED) is 0.876. The molecule has 0 saturated carbocycles. The van der Waals surface area contributed by atoms with Crippen LogP contribution in [0.2, 0.25) is 0 Å². The molecule has 0 aliphatic rings. The summed E-state index contributed by atoms with van der Waals surface area (Å²) < 4.78 is 11.6. The monoisotopic (exact) mass is 318 g/mol. The van der Waals surface area contributed by atoms with E-state index < -0.39 is 0 Å². The molecule has 0 unspecified atom stereocenters. The largest absolute Gasteiger partial charge is 0.497 e. The molecule has 0 heterocycles. The molecule has 19 heavy (non-hydrogen) atoms. The predicted molar refractivity (Wildman–Crippen MR) is 76.3 cm³/mol. The molecule has 2 aromatic rings. The highest BCUT2D eigenvalue weighted by atomic mass is 79.9. The fourth-order valence-corrected chi connectivity index (χ4v) is 1.89. The molecule has 0 radical (unpaired) electrons. The molecule has 0 atom stereocenters. The van der Waals surface area contributed by atoms with Crippen molar-refractivity contribution >= 4 is 21.6 Å². The molecule has 0 aliphatic heterocycles. The zero-order valence-corrected chi connectivity index (χ0v) is 11.8. The van der Waals surface area contributed by atoms with E-state index in [1.54, 1.807) is 43.5 Å². The van der Waals surface area contributed by atoms with Gasteiger partial charge in [-0.05, 0) is 30.3 Å². The molecule has 0 spiro atoms. The number of anilines is 1. The van der Waals surface area contributed by atoms with Crippen molar-refractivity contribution < 1.29 is 9.47 Å². The van der Waals surface area contributed by atoms with Gasteiger partial charge in [-0.1, -0.05) is 15.9 Å². The van der Waals surface area contributed by atoms with E-state index in [4.69, 9.17) is 20.5 Å². The summed E-state index contributed by atoms with van der Waals surface area (Å²) in [5.74, 6) is 1.55. The average molecular weight is 319 g/mol. The molecule has 5 heteroatoms. The first-order chi connectivity index (χ1) is 9.13. The number of methoxy groups -OCH3 is 1. The van der Waals surface area contributed by atoms with Gasteiger partial charge in [-0.3, -0.25) is 0 Å². The molecule has 0 aromatic heterocycles. The van der Waals surface area contributed by atoms with E-state index in [1.165, 1.54) is 0 Å². The van der Waals surface area contributed by atoms with Crippen LogP contribution in [0, 0.1) is 11.3 Å². The summed E-state index contributed by atoms with van der Waals surface area (Å²) in [7, 11) is 1.57. The van der Waals surface area contributed by atoms with Gasteiger partial charge in [0.05, 0.1) is 18.4 Å². The summed E-state index contributed by atoms with van der Waals surface area (Å²) in [6, 6.07) is 12.4. The highest BCUT2D eigenvalue weighted by Crippen LogP contribution is 2.33. The average Bonchev–Trinajstić information content (AvgIpc) is 2.43. The molecule has 0 fully saturated rings. The van der Waals surface area contributed by atoms with Crippen molar-refractivity contribution in [1.29, 1.82) is 5.26 Å². The Balaban J connectivity index is 2.39. The van der Waals surface area contributed by atoms with Crippen LogP contribution < -0.4 is 15.2 Å². The Bertz CT molecular complexity index is 650. The van der Waals surface area contributed by atoms with Crippen LogP contribution in [0.25, 0.3) is 0 Å². The zero-order chi connectivity index (χ0) is 13.8. The number of halogens is 1. The molecule has 0 saturated heterocycles. The minimum atomic E-state index is 0.427. The van der Waals surface area contributed by atoms with E-state index >= 15 is 0 Å². The molecule has 2 N–H and O–H groups in total. The molecule has 2 aromatic carbocycles. The lowest BCUT2D eigenvalue weighted by atomic mass is 10.2. The second-order valence-electron chi connectivity index (χ2n) is 3.76. The Morgan fingerprint density at radius 2 is 1.95 bits per heavy atom. The van der Waals surface area contributed by atoms with Crippen LogP contribution in [0.4, 0.5) is 5.69 Å². The van der Waals surface area contributed by atoms with E-state index in [9.17, 15) is 0 Å². The number of nitrogens with zero attached hydrogens (tertiary/aromatic N) is 1. The minimum absolute atomic E-state index is 0.427. The number of hydrogen-bond donors (Lipinski definition) is 1. The number of nitrogens with two attached hydrogens (primary N) is 1. The Hall–Kier alpha value is -2.19. The van der Waals surface area contributed by atoms with Crippen LogP contribution in [0.1, 0.15) is 5.56 Å². The normalized spacial score (nSPS) is 9.74. The Morgan fingerprint density at radius 3 is 2.63 bits per heavy atom. The third kappa shape index (κ3) is 2.98. The Morgan fingerprint density at radius 1 is 1.16 bits per heavy atom. The fourth-order valence-electron chi connectivity index (χ4n) is 1.53. The van der Waals surface area contributed by atoms with Gasteiger partial charge in [-0.15, -0.1) is 0 Å². The van der Waals surface area contributed by atoms with Gasteiger partial charge in [-0.25, -0.2) is 0 Å². The second kappa shape index (κ2) is 5.63. The summed E-state index contributed by atoms with van der Waals surface area (Å²) in [4.78, 5) is 0. The van der Waals surface area contributed by atoms with Gasteiger partial charge in [0.15, 0.2) is 5.75 Å². The third-order valence-electron chi connectivity index (χ3n) is 2.50. The minimum Gasteiger partial charge on any atom is -0.497 e. The number of nitrogen functional groups attached to an aromatic ring is 1. The standard InChI is InChI=1S/C14H11BrN2O2/c1-18-11-3-4-12(17)14(7-11)19-13-5-2-10(15)6-9(13)8-16/h2-7H,17H2,1H3. The summed E-state index contributed by atoms with van der Waals surface area (Å²) in [5.41, 5.74) is 6.75. The van der Waals surface area contributed by atoms with Crippen molar-refractivity contribution in [1.82, 2.24) is 0 Å². The van der Waals surface area contributed by atoms with Crippen molar-refractivity contribution in [2.45, 2.75) is 0 Å². The van der Waals surface area contributed by atoms with Crippen LogP contribution >= 0.6 is 15.9 Å². The van der Waals surface area contributed by atoms with Gasteiger partial charge in [-0.2, -0.15) is 5.26 Å². The molecule has 0 aliphatic carbocycles. The van der Waals surface area contributed by atoms with Gasteiger partial charge in [0, 0.05) is 10.5 Å². The first-order valence-corrected chi connectivity index (χ1v) is 6.24.